The highest BCUT2D eigenvalue weighted by Crippen LogP contribution is 2.51. The van der Waals surface area contributed by atoms with E-state index in [9.17, 15) is 0 Å². The maximum atomic E-state index is 5.29. The Morgan fingerprint density at radius 3 is 0.844 bits per heavy atom. The molecule has 0 aliphatic heterocycles. The third-order valence-electron chi connectivity index (χ3n) is 14.8. The van der Waals surface area contributed by atoms with E-state index in [2.05, 4.69) is 182 Å². The summed E-state index contributed by atoms with van der Waals surface area (Å²) in [6.45, 7) is 0. The highest BCUT2D eigenvalue weighted by atomic mass is 32.1. The van der Waals surface area contributed by atoms with Gasteiger partial charge in [-0.3, -0.25) is 0 Å². The second kappa shape index (κ2) is 18.4. The summed E-state index contributed by atoms with van der Waals surface area (Å²) >= 11 is 1.86. The van der Waals surface area contributed by atoms with Crippen molar-refractivity contribution in [2.45, 2.75) is 0 Å². The van der Waals surface area contributed by atoms with Gasteiger partial charge in [0.05, 0.1) is 0 Å². The van der Waals surface area contributed by atoms with E-state index in [0.717, 1.165) is 76.5 Å². The first-order valence-electron chi connectivity index (χ1n) is 25.8. The van der Waals surface area contributed by atoms with Gasteiger partial charge in [-0.15, -0.1) is 11.3 Å². The van der Waals surface area contributed by atoms with E-state index >= 15 is 0 Å². The summed E-state index contributed by atoms with van der Waals surface area (Å²) in [4.78, 5) is 31.3. The van der Waals surface area contributed by atoms with E-state index in [0.29, 0.717) is 34.9 Å². The van der Waals surface area contributed by atoms with Crippen LogP contribution in [0.5, 0.6) is 0 Å². The zero-order valence-corrected chi connectivity index (χ0v) is 42.2. The minimum atomic E-state index is 0.632. The fourth-order valence-electron chi connectivity index (χ4n) is 11.4. The fraction of sp³-hybridized carbons (Fsp3) is 0. The summed E-state index contributed by atoms with van der Waals surface area (Å²) in [5, 5.41) is 11.3. The zero-order valence-electron chi connectivity index (χ0n) is 41.3. The first-order valence-corrected chi connectivity index (χ1v) is 26.6. The van der Waals surface area contributed by atoms with Gasteiger partial charge in [-0.25, -0.2) is 29.9 Å². The molecule has 0 bridgehead atoms. The van der Waals surface area contributed by atoms with Crippen molar-refractivity contribution in [2.75, 3.05) is 0 Å². The van der Waals surface area contributed by atoms with Gasteiger partial charge in [-0.05, 0) is 65.8 Å². The summed E-state index contributed by atoms with van der Waals surface area (Å²) in [5.74, 6) is 3.80. The van der Waals surface area contributed by atoms with Crippen LogP contribution in [0.3, 0.4) is 0 Å². The molecule has 15 rings (SSSR count). The molecular weight excluding hydrogens is 957 g/mol. The minimum Gasteiger partial charge on any atom is -0.208 e. The number of nitrogens with zero attached hydrogens (tertiary/aromatic N) is 6. The molecule has 6 nitrogen and oxygen atoms in total. The monoisotopic (exact) mass is 998 g/mol. The first-order chi connectivity index (χ1) is 38.2. The lowest BCUT2D eigenvalue weighted by Crippen LogP contribution is -2.01. The normalized spacial score (nSPS) is 11.6. The number of hydrogen-bond donors (Lipinski definition) is 0. The van der Waals surface area contributed by atoms with Gasteiger partial charge in [0.1, 0.15) is 0 Å². The standard InChI is InChI=1S/C70H42N6S/c1-5-23-43(24-6-1)65-71-66(44-25-7-2-8-26-44)74-69(73-65)62-51-35-17-13-31-47(51)59(48-32-14-18-36-52(48)62)55-39-22-42-58-61(55)57-41-21-40-56(64(57)77-58)60-49-33-15-19-37-53(49)63(54-38-20-16-34-50(54)60)70-75-67(45-27-9-3-10-28-45)72-68(76-70)46-29-11-4-12-30-46/h1-42H. The SMILES string of the molecule is c1ccc(-c2nc(-c3ccccc3)nc(-c3c4ccccc4c(-c4cccc5c4sc4cccc(-c6c7ccccc7c(-c7nc(-c8ccccc8)nc(-c8ccccc8)n7)c7ccccc67)c45)c4ccccc34)n2)cc1. The minimum absolute atomic E-state index is 0.632. The molecule has 0 saturated carbocycles. The largest absolute Gasteiger partial charge is 0.208 e. The highest BCUT2D eigenvalue weighted by molar-refractivity contribution is 7.26. The molecule has 0 atom stereocenters. The molecule has 0 saturated heterocycles. The van der Waals surface area contributed by atoms with Gasteiger partial charge in [-0.1, -0.05) is 249 Å². The van der Waals surface area contributed by atoms with Crippen LogP contribution < -0.4 is 0 Å². The molecule has 0 unspecified atom stereocenters. The molecule has 15 aromatic rings. The van der Waals surface area contributed by atoms with Crippen LogP contribution in [0.2, 0.25) is 0 Å². The Labute approximate surface area is 447 Å². The summed E-state index contributed by atoms with van der Waals surface area (Å²) in [6.07, 6.45) is 0. The van der Waals surface area contributed by atoms with E-state index in [1.165, 1.54) is 42.4 Å². The summed E-state index contributed by atoms with van der Waals surface area (Å²) in [5.41, 5.74) is 10.4. The van der Waals surface area contributed by atoms with Gasteiger partial charge < -0.3 is 0 Å². The van der Waals surface area contributed by atoms with E-state index in [1.54, 1.807) is 0 Å². The fourth-order valence-corrected chi connectivity index (χ4v) is 12.7. The van der Waals surface area contributed by atoms with Crippen molar-refractivity contribution in [3.63, 3.8) is 0 Å². The Hall–Kier alpha value is -10.1. The van der Waals surface area contributed by atoms with Gasteiger partial charge in [0.25, 0.3) is 0 Å². The third kappa shape index (κ3) is 7.47. The van der Waals surface area contributed by atoms with Crippen molar-refractivity contribution in [1.29, 1.82) is 0 Å². The molecule has 3 aromatic heterocycles. The van der Waals surface area contributed by atoms with E-state index < -0.39 is 0 Å². The average Bonchev–Trinajstić information content (AvgIpc) is 3.97. The highest BCUT2D eigenvalue weighted by Gasteiger charge is 2.25. The maximum Gasteiger partial charge on any atom is 0.165 e. The van der Waals surface area contributed by atoms with Crippen LogP contribution in [0.15, 0.2) is 255 Å². The Kier molecular flexibility index (Phi) is 10.6. The van der Waals surface area contributed by atoms with Crippen LogP contribution in [0.4, 0.5) is 0 Å². The molecule has 0 spiro atoms. The molecular formula is C70H42N6S. The van der Waals surface area contributed by atoms with Crippen LogP contribution in [-0.2, 0) is 0 Å². The zero-order chi connectivity index (χ0) is 50.8. The number of aromatic nitrogens is 6. The Morgan fingerprint density at radius 1 is 0.208 bits per heavy atom. The maximum absolute atomic E-state index is 5.29. The molecule has 7 heteroatoms. The molecule has 358 valence electrons. The van der Waals surface area contributed by atoms with Gasteiger partial charge in [0.15, 0.2) is 34.9 Å². The summed E-state index contributed by atoms with van der Waals surface area (Å²) < 4.78 is 2.45. The number of thiophene rings is 1. The number of fused-ring (bicyclic) bond motifs is 7. The molecule has 0 amide bonds. The van der Waals surface area contributed by atoms with Gasteiger partial charge in [0.2, 0.25) is 0 Å². The quantitative estimate of drug-likeness (QED) is 0.141. The smallest absolute Gasteiger partial charge is 0.165 e. The molecule has 12 aromatic carbocycles. The van der Waals surface area contributed by atoms with E-state index in [-0.39, 0.29) is 0 Å². The molecule has 0 aliphatic rings. The van der Waals surface area contributed by atoms with Crippen molar-refractivity contribution in [2.24, 2.45) is 0 Å². The van der Waals surface area contributed by atoms with Crippen molar-refractivity contribution < 1.29 is 0 Å². The first kappa shape index (κ1) is 44.4. The van der Waals surface area contributed by atoms with Crippen LogP contribution in [0, 0.1) is 0 Å². The lowest BCUT2D eigenvalue weighted by atomic mass is 9.86. The molecule has 3 heterocycles. The van der Waals surface area contributed by atoms with Crippen LogP contribution in [0.25, 0.3) is 154 Å². The predicted octanol–water partition coefficient (Wildman–Crippen LogP) is 18.4. The van der Waals surface area contributed by atoms with Crippen molar-refractivity contribution in [3.05, 3.63) is 255 Å². The summed E-state index contributed by atoms with van der Waals surface area (Å²) in [7, 11) is 0. The third-order valence-corrected chi connectivity index (χ3v) is 16.0. The lowest BCUT2D eigenvalue weighted by molar-refractivity contribution is 1.08. The van der Waals surface area contributed by atoms with Gasteiger partial charge in [-0.2, -0.15) is 0 Å². The Morgan fingerprint density at radius 2 is 0.481 bits per heavy atom. The topological polar surface area (TPSA) is 77.3 Å². The predicted molar refractivity (Wildman–Crippen MR) is 320 cm³/mol. The number of hydrogen-bond acceptors (Lipinski definition) is 7. The van der Waals surface area contributed by atoms with Crippen molar-refractivity contribution >= 4 is 74.6 Å². The average molecular weight is 999 g/mol. The molecule has 0 fully saturated rings. The van der Waals surface area contributed by atoms with Crippen molar-refractivity contribution in [3.8, 4) is 90.6 Å². The second-order valence-corrected chi connectivity index (χ2v) is 20.3. The Balaban J connectivity index is 0.959. The number of benzene rings is 12. The molecule has 0 N–H and O–H groups in total. The van der Waals surface area contributed by atoms with E-state index in [1.807, 2.05) is 84.1 Å². The lowest BCUT2D eigenvalue weighted by Gasteiger charge is -2.18. The molecule has 0 aliphatic carbocycles. The van der Waals surface area contributed by atoms with E-state index in [4.69, 9.17) is 29.9 Å². The Bertz CT molecular complexity index is 4560. The second-order valence-electron chi connectivity index (χ2n) is 19.2. The van der Waals surface area contributed by atoms with Gasteiger partial charge >= 0.3 is 0 Å². The van der Waals surface area contributed by atoms with Crippen LogP contribution >= 0.6 is 11.3 Å². The van der Waals surface area contributed by atoms with Crippen LogP contribution in [0.1, 0.15) is 0 Å². The van der Waals surface area contributed by atoms with Crippen molar-refractivity contribution in [1.82, 2.24) is 29.9 Å². The van der Waals surface area contributed by atoms with Crippen LogP contribution in [-0.4, -0.2) is 29.9 Å². The molecule has 77 heavy (non-hydrogen) atoms. The summed E-state index contributed by atoms with van der Waals surface area (Å²) in [6, 6.07) is 89.4. The molecule has 0 radical (unpaired) electrons. The van der Waals surface area contributed by atoms with Gasteiger partial charge in [0, 0.05) is 59.1 Å². The number of rotatable bonds is 8.